The van der Waals surface area contributed by atoms with E-state index in [0.717, 1.165) is 5.56 Å². The van der Waals surface area contributed by atoms with Crippen LogP contribution >= 0.6 is 11.6 Å². The van der Waals surface area contributed by atoms with E-state index in [1.165, 1.54) is 24.3 Å². The Morgan fingerprint density at radius 3 is 2.16 bits per heavy atom. The van der Waals surface area contributed by atoms with Gasteiger partial charge < -0.3 is 10.2 Å². The van der Waals surface area contributed by atoms with E-state index in [-0.39, 0.29) is 4.90 Å². The number of aryl methyl sites for hydroxylation is 1. The lowest BCUT2D eigenvalue weighted by molar-refractivity contribution is -0.145. The summed E-state index contributed by atoms with van der Waals surface area (Å²) in [5, 5.41) is 18.6. The number of carboxylic acid groups (broad SMARTS) is 1. The predicted molar refractivity (Wildman–Crippen MR) is 93.5 cm³/mol. The second-order valence-corrected chi connectivity index (χ2v) is 8.82. The number of aliphatic hydroxyl groups excluding tert-OH is 1. The molecular formula is C18H17ClO5S. The highest BCUT2D eigenvalue weighted by molar-refractivity contribution is 7.92. The molecule has 0 spiro atoms. The van der Waals surface area contributed by atoms with Gasteiger partial charge in [-0.05, 0) is 36.8 Å². The molecule has 1 aliphatic carbocycles. The van der Waals surface area contributed by atoms with Crippen LogP contribution in [0, 0.1) is 12.3 Å². The van der Waals surface area contributed by atoms with E-state index in [1.807, 2.05) is 6.92 Å². The van der Waals surface area contributed by atoms with Gasteiger partial charge in [-0.1, -0.05) is 41.4 Å². The molecule has 0 aliphatic heterocycles. The number of rotatable bonds is 5. The molecule has 25 heavy (non-hydrogen) atoms. The third kappa shape index (κ3) is 2.74. The number of sulfone groups is 1. The number of carbonyl (C=O) groups is 1. The van der Waals surface area contributed by atoms with Crippen molar-refractivity contribution in [3.8, 4) is 0 Å². The number of halogens is 1. The Morgan fingerprint density at radius 2 is 1.68 bits per heavy atom. The van der Waals surface area contributed by atoms with Crippen molar-refractivity contribution in [3.63, 3.8) is 0 Å². The summed E-state index contributed by atoms with van der Waals surface area (Å²) < 4.78 is 26.0. The topological polar surface area (TPSA) is 91.7 Å². The minimum atomic E-state index is -3.95. The Balaban J connectivity index is 2.10. The largest absolute Gasteiger partial charge is 0.481 e. The maximum Gasteiger partial charge on any atom is 0.314 e. The number of hydrogen-bond donors (Lipinski definition) is 2. The van der Waals surface area contributed by atoms with Crippen molar-refractivity contribution in [2.45, 2.75) is 23.0 Å². The van der Waals surface area contributed by atoms with Gasteiger partial charge in [0.15, 0.2) is 9.84 Å². The molecule has 0 saturated heterocycles. The van der Waals surface area contributed by atoms with Crippen LogP contribution < -0.4 is 0 Å². The lowest BCUT2D eigenvalue weighted by atomic mass is 9.99. The first-order valence-electron chi connectivity index (χ1n) is 7.65. The minimum Gasteiger partial charge on any atom is -0.481 e. The summed E-state index contributed by atoms with van der Waals surface area (Å²) in [5.41, 5.74) is -0.177. The quantitative estimate of drug-likeness (QED) is 0.832. The van der Waals surface area contributed by atoms with Gasteiger partial charge in [-0.3, -0.25) is 4.79 Å². The minimum absolute atomic E-state index is 0.00409. The zero-order valence-corrected chi connectivity index (χ0v) is 15.0. The summed E-state index contributed by atoms with van der Waals surface area (Å²) >= 11 is 5.80. The highest BCUT2D eigenvalue weighted by Gasteiger charge is 2.75. The molecule has 132 valence electrons. The van der Waals surface area contributed by atoms with Crippen molar-refractivity contribution in [1.82, 2.24) is 0 Å². The van der Waals surface area contributed by atoms with Gasteiger partial charge in [-0.2, -0.15) is 0 Å². The second-order valence-electron chi connectivity index (χ2n) is 6.31. The molecule has 7 heteroatoms. The molecule has 1 aliphatic rings. The summed E-state index contributed by atoms with van der Waals surface area (Å²) in [6.45, 7) is 1.13. The van der Waals surface area contributed by atoms with Crippen molar-refractivity contribution in [1.29, 1.82) is 0 Å². The van der Waals surface area contributed by atoms with Crippen molar-refractivity contribution in [3.05, 3.63) is 64.7 Å². The standard InChI is InChI=1S/C18H17ClO5S/c1-11-2-4-12(5-3-11)15-16(18(15,10-20)17(21)22)25(23,24)14-8-6-13(19)7-9-14/h2-9,15-16,20H,10H2,1H3,(H,21,22)/t15-,16+,18+/m1/s1. The van der Waals surface area contributed by atoms with E-state index in [4.69, 9.17) is 11.6 Å². The Hall–Kier alpha value is -1.89. The SMILES string of the molecule is Cc1ccc([C@@H]2[C@H](S(=O)(=O)c3ccc(Cl)cc3)[C@@]2(CO)C(=O)O)cc1. The van der Waals surface area contributed by atoms with Gasteiger partial charge in [0, 0.05) is 10.9 Å². The Morgan fingerprint density at radius 1 is 1.12 bits per heavy atom. The average Bonchev–Trinajstić information content (AvgIpc) is 3.27. The molecule has 3 atom stereocenters. The van der Waals surface area contributed by atoms with Crippen LogP contribution in [0.5, 0.6) is 0 Å². The zero-order chi connectivity index (χ0) is 18.4. The summed E-state index contributed by atoms with van der Waals surface area (Å²) in [5.74, 6) is -2.13. The van der Waals surface area contributed by atoms with Gasteiger partial charge in [-0.25, -0.2) is 8.42 Å². The van der Waals surface area contributed by atoms with E-state index in [9.17, 15) is 23.4 Å². The fraction of sp³-hybridized carbons (Fsp3) is 0.278. The van der Waals surface area contributed by atoms with Gasteiger partial charge in [0.05, 0.1) is 16.8 Å². The summed E-state index contributed by atoms with van der Waals surface area (Å²) in [4.78, 5) is 11.9. The van der Waals surface area contributed by atoms with Crippen LogP contribution in [0.1, 0.15) is 17.0 Å². The van der Waals surface area contributed by atoms with Crippen LogP contribution in [0.4, 0.5) is 0 Å². The van der Waals surface area contributed by atoms with Crippen LogP contribution in [0.25, 0.3) is 0 Å². The number of carboxylic acids is 1. The van der Waals surface area contributed by atoms with Gasteiger partial charge in [-0.15, -0.1) is 0 Å². The fourth-order valence-corrected chi connectivity index (χ4v) is 5.88. The Labute approximate surface area is 150 Å². The Kier molecular flexibility index (Phi) is 4.39. The molecule has 0 heterocycles. The van der Waals surface area contributed by atoms with Crippen molar-refractivity contribution < 1.29 is 23.4 Å². The molecule has 0 unspecified atom stereocenters. The van der Waals surface area contributed by atoms with Gasteiger partial charge >= 0.3 is 5.97 Å². The zero-order valence-electron chi connectivity index (χ0n) is 13.4. The first-order valence-corrected chi connectivity index (χ1v) is 9.58. The van der Waals surface area contributed by atoms with Gasteiger partial charge in [0.25, 0.3) is 0 Å². The van der Waals surface area contributed by atoms with E-state index in [2.05, 4.69) is 0 Å². The van der Waals surface area contributed by atoms with Crippen LogP contribution in [-0.4, -0.2) is 36.5 Å². The lowest BCUT2D eigenvalue weighted by Crippen LogP contribution is -2.27. The van der Waals surface area contributed by atoms with Crippen LogP contribution in [0.15, 0.2) is 53.4 Å². The Bertz CT molecular complexity index is 905. The van der Waals surface area contributed by atoms with Crippen LogP contribution in [0.2, 0.25) is 5.02 Å². The first kappa shape index (κ1) is 17.9. The van der Waals surface area contributed by atoms with Crippen LogP contribution in [-0.2, 0) is 14.6 Å². The smallest absolute Gasteiger partial charge is 0.314 e. The van der Waals surface area contributed by atoms with Gasteiger partial charge in [0.2, 0.25) is 0 Å². The highest BCUT2D eigenvalue weighted by atomic mass is 35.5. The number of aliphatic hydroxyl groups is 1. The fourth-order valence-electron chi connectivity index (χ4n) is 3.39. The number of hydrogen-bond acceptors (Lipinski definition) is 4. The molecule has 2 aromatic carbocycles. The molecule has 1 saturated carbocycles. The third-order valence-corrected chi connectivity index (χ3v) is 7.37. The van der Waals surface area contributed by atoms with E-state index in [1.54, 1.807) is 24.3 Å². The van der Waals surface area contributed by atoms with Crippen molar-refractivity contribution in [2.24, 2.45) is 5.41 Å². The molecule has 5 nitrogen and oxygen atoms in total. The number of benzene rings is 2. The molecule has 0 bridgehead atoms. The molecular weight excluding hydrogens is 364 g/mol. The lowest BCUT2D eigenvalue weighted by Gasteiger charge is -2.09. The molecule has 3 rings (SSSR count). The first-order chi connectivity index (χ1) is 11.7. The third-order valence-electron chi connectivity index (χ3n) is 4.83. The normalized spacial score (nSPS) is 25.6. The van der Waals surface area contributed by atoms with Crippen molar-refractivity contribution >= 4 is 27.4 Å². The monoisotopic (exact) mass is 380 g/mol. The predicted octanol–water partition coefficient (Wildman–Crippen LogP) is 2.65. The molecule has 2 aromatic rings. The summed E-state index contributed by atoms with van der Waals surface area (Å²) in [6.07, 6.45) is 0. The molecule has 0 aromatic heterocycles. The number of aliphatic carboxylic acids is 1. The average molecular weight is 381 g/mol. The maximum atomic E-state index is 13.0. The molecule has 0 amide bonds. The van der Waals surface area contributed by atoms with E-state index < -0.39 is 39.0 Å². The molecule has 2 N–H and O–H groups in total. The highest BCUT2D eigenvalue weighted by Crippen LogP contribution is 2.64. The van der Waals surface area contributed by atoms with E-state index in [0.29, 0.717) is 10.6 Å². The van der Waals surface area contributed by atoms with Crippen molar-refractivity contribution in [2.75, 3.05) is 6.61 Å². The summed E-state index contributed by atoms with van der Waals surface area (Å²) in [6, 6.07) is 12.6. The summed E-state index contributed by atoms with van der Waals surface area (Å²) in [7, 11) is -3.95. The van der Waals surface area contributed by atoms with E-state index >= 15 is 0 Å². The van der Waals surface area contributed by atoms with Crippen LogP contribution in [0.3, 0.4) is 0 Å². The molecule has 0 radical (unpaired) electrons. The van der Waals surface area contributed by atoms with Gasteiger partial charge in [0.1, 0.15) is 5.41 Å². The maximum absolute atomic E-state index is 13.0. The second kappa shape index (κ2) is 6.12. The molecule has 1 fully saturated rings.